The summed E-state index contributed by atoms with van der Waals surface area (Å²) in [5, 5.41) is 0. The van der Waals surface area contributed by atoms with Crippen molar-refractivity contribution >= 4 is 22.0 Å². The quantitative estimate of drug-likeness (QED) is 0.561. The molecule has 0 fully saturated rings. The van der Waals surface area contributed by atoms with Gasteiger partial charge >= 0.3 is 11.9 Å². The van der Waals surface area contributed by atoms with Crippen molar-refractivity contribution in [2.75, 3.05) is 12.9 Å². The molecule has 1 aliphatic heterocycles. The van der Waals surface area contributed by atoms with E-state index in [2.05, 4.69) is 4.74 Å². The minimum atomic E-state index is -3.60. The number of carbonyl (C=O) groups is 2. The van der Waals surface area contributed by atoms with E-state index in [4.69, 9.17) is 4.74 Å². The fourth-order valence-corrected chi connectivity index (χ4v) is 4.33. The van der Waals surface area contributed by atoms with Crippen molar-refractivity contribution in [1.82, 2.24) is 4.31 Å². The van der Waals surface area contributed by atoms with Crippen LogP contribution in [-0.2, 0) is 32.5 Å². The number of benzene rings is 2. The van der Waals surface area contributed by atoms with Crippen LogP contribution in [0.3, 0.4) is 0 Å². The van der Waals surface area contributed by atoms with Gasteiger partial charge in [0.25, 0.3) is 0 Å². The number of esters is 2. The molecule has 7 nitrogen and oxygen atoms in total. The Kier molecular flexibility index (Phi) is 5.81. The van der Waals surface area contributed by atoms with Crippen LogP contribution in [-0.4, -0.2) is 43.6 Å². The molecule has 0 radical (unpaired) electrons. The Balaban J connectivity index is 1.84. The summed E-state index contributed by atoms with van der Waals surface area (Å²) < 4.78 is 36.4. The van der Waals surface area contributed by atoms with Crippen LogP contribution >= 0.6 is 0 Å². The number of hydrogen-bond donors (Lipinski definition) is 0. The van der Waals surface area contributed by atoms with Crippen LogP contribution in [0.1, 0.15) is 28.4 Å². The summed E-state index contributed by atoms with van der Waals surface area (Å²) in [6.45, 7) is 1.68. The second kappa shape index (κ2) is 8.12. The zero-order valence-electron chi connectivity index (χ0n) is 15.6. The summed E-state index contributed by atoms with van der Waals surface area (Å²) in [6, 6.07) is 12.4. The van der Waals surface area contributed by atoms with E-state index in [1.807, 2.05) is 24.3 Å². The van der Waals surface area contributed by atoms with Gasteiger partial charge in [0, 0.05) is 13.0 Å². The van der Waals surface area contributed by atoms with Gasteiger partial charge in [0.2, 0.25) is 10.0 Å². The molecule has 0 saturated carbocycles. The molecule has 8 heteroatoms. The van der Waals surface area contributed by atoms with Crippen molar-refractivity contribution in [3.8, 4) is 5.75 Å². The lowest BCUT2D eigenvalue weighted by molar-refractivity contribution is -0.139. The van der Waals surface area contributed by atoms with Crippen LogP contribution in [0.15, 0.2) is 48.5 Å². The predicted octanol–water partition coefficient (Wildman–Crippen LogP) is 2.16. The SMILES string of the molecule is CCS(=O)(=O)N1Cc2ccccc2CC1C(=O)Oc1ccc(C(=O)OC)cc1. The van der Waals surface area contributed by atoms with E-state index < -0.39 is 28.0 Å². The molecular weight excluding hydrogens is 382 g/mol. The molecule has 0 amide bonds. The molecule has 0 aromatic heterocycles. The van der Waals surface area contributed by atoms with E-state index in [0.29, 0.717) is 5.56 Å². The van der Waals surface area contributed by atoms with Crippen molar-refractivity contribution in [2.24, 2.45) is 0 Å². The third-order valence-corrected chi connectivity index (χ3v) is 6.52. The first kappa shape index (κ1) is 20.0. The Morgan fingerprint density at radius 3 is 2.32 bits per heavy atom. The van der Waals surface area contributed by atoms with Crippen LogP contribution in [0.4, 0.5) is 0 Å². The van der Waals surface area contributed by atoms with E-state index >= 15 is 0 Å². The lowest BCUT2D eigenvalue weighted by Gasteiger charge is -2.34. The van der Waals surface area contributed by atoms with E-state index in [0.717, 1.165) is 11.1 Å². The van der Waals surface area contributed by atoms with Gasteiger partial charge in [-0.25, -0.2) is 18.0 Å². The molecular formula is C20H21NO6S. The molecule has 0 aliphatic carbocycles. The predicted molar refractivity (Wildman–Crippen MR) is 102 cm³/mol. The fraction of sp³-hybridized carbons (Fsp3) is 0.300. The Hall–Kier alpha value is -2.71. The third kappa shape index (κ3) is 4.07. The van der Waals surface area contributed by atoms with Gasteiger partial charge < -0.3 is 9.47 Å². The first-order valence-corrected chi connectivity index (χ1v) is 10.4. The molecule has 2 aromatic carbocycles. The van der Waals surface area contributed by atoms with E-state index in [-0.39, 0.29) is 24.5 Å². The van der Waals surface area contributed by atoms with Crippen molar-refractivity contribution in [2.45, 2.75) is 25.9 Å². The van der Waals surface area contributed by atoms with Crippen LogP contribution in [0, 0.1) is 0 Å². The maximum atomic E-state index is 12.8. The zero-order valence-corrected chi connectivity index (χ0v) is 16.4. The van der Waals surface area contributed by atoms with Gasteiger partial charge in [-0.15, -0.1) is 0 Å². The lowest BCUT2D eigenvalue weighted by atomic mass is 9.96. The van der Waals surface area contributed by atoms with Crippen molar-refractivity contribution in [3.05, 3.63) is 65.2 Å². The van der Waals surface area contributed by atoms with E-state index in [9.17, 15) is 18.0 Å². The zero-order chi connectivity index (χ0) is 20.3. The van der Waals surface area contributed by atoms with Crippen LogP contribution in [0.2, 0.25) is 0 Å². The average molecular weight is 403 g/mol. The Morgan fingerprint density at radius 2 is 1.71 bits per heavy atom. The molecule has 1 atom stereocenters. The number of methoxy groups -OCH3 is 1. The van der Waals surface area contributed by atoms with Gasteiger partial charge in [0.05, 0.1) is 18.4 Å². The highest BCUT2D eigenvalue weighted by atomic mass is 32.2. The second-order valence-electron chi connectivity index (χ2n) is 6.37. The molecule has 1 aliphatic rings. The summed E-state index contributed by atoms with van der Waals surface area (Å²) in [5.74, 6) is -1.03. The normalized spacial score (nSPS) is 16.9. The molecule has 28 heavy (non-hydrogen) atoms. The smallest absolute Gasteiger partial charge is 0.337 e. The largest absolute Gasteiger partial charge is 0.465 e. The number of ether oxygens (including phenoxy) is 2. The fourth-order valence-electron chi connectivity index (χ4n) is 3.12. The molecule has 2 aromatic rings. The summed E-state index contributed by atoms with van der Waals surface area (Å²) >= 11 is 0. The van der Waals surface area contributed by atoms with Gasteiger partial charge in [0.15, 0.2) is 0 Å². The maximum Gasteiger partial charge on any atom is 0.337 e. The van der Waals surface area contributed by atoms with Crippen LogP contribution in [0.5, 0.6) is 5.75 Å². The second-order valence-corrected chi connectivity index (χ2v) is 8.58. The van der Waals surface area contributed by atoms with Gasteiger partial charge in [-0.1, -0.05) is 24.3 Å². The Bertz CT molecular complexity index is 984. The third-order valence-electron chi connectivity index (χ3n) is 4.69. The van der Waals surface area contributed by atoms with Gasteiger partial charge in [-0.3, -0.25) is 0 Å². The average Bonchev–Trinajstić information content (AvgIpc) is 2.72. The molecule has 0 N–H and O–H groups in total. The molecule has 1 unspecified atom stereocenters. The Labute approximate surface area is 163 Å². The summed E-state index contributed by atoms with van der Waals surface area (Å²) in [7, 11) is -2.32. The van der Waals surface area contributed by atoms with Gasteiger partial charge in [-0.05, 0) is 42.3 Å². The number of carbonyl (C=O) groups excluding carboxylic acids is 2. The number of fused-ring (bicyclic) bond motifs is 1. The topological polar surface area (TPSA) is 90.0 Å². The monoisotopic (exact) mass is 403 g/mol. The number of rotatable bonds is 5. The molecule has 0 saturated heterocycles. The first-order valence-electron chi connectivity index (χ1n) is 8.82. The van der Waals surface area contributed by atoms with Gasteiger partial charge in [0.1, 0.15) is 11.8 Å². The summed E-state index contributed by atoms with van der Waals surface area (Å²) in [5.41, 5.74) is 2.13. The van der Waals surface area contributed by atoms with Crippen LogP contribution < -0.4 is 4.74 Å². The van der Waals surface area contributed by atoms with E-state index in [1.54, 1.807) is 6.92 Å². The van der Waals surface area contributed by atoms with Crippen molar-refractivity contribution < 1.29 is 27.5 Å². The van der Waals surface area contributed by atoms with Gasteiger partial charge in [-0.2, -0.15) is 4.31 Å². The molecule has 1 heterocycles. The highest BCUT2D eigenvalue weighted by Gasteiger charge is 2.39. The first-order chi connectivity index (χ1) is 13.4. The highest BCUT2D eigenvalue weighted by molar-refractivity contribution is 7.89. The minimum Gasteiger partial charge on any atom is -0.465 e. The summed E-state index contributed by atoms with van der Waals surface area (Å²) in [6.07, 6.45) is 0.245. The minimum absolute atomic E-state index is 0.104. The molecule has 148 valence electrons. The molecule has 3 rings (SSSR count). The van der Waals surface area contributed by atoms with Crippen molar-refractivity contribution in [3.63, 3.8) is 0 Å². The maximum absolute atomic E-state index is 12.8. The van der Waals surface area contributed by atoms with E-state index in [1.165, 1.54) is 35.7 Å². The van der Waals surface area contributed by atoms with Crippen LogP contribution in [0.25, 0.3) is 0 Å². The highest BCUT2D eigenvalue weighted by Crippen LogP contribution is 2.27. The lowest BCUT2D eigenvalue weighted by Crippen LogP contribution is -2.50. The standard InChI is InChI=1S/C20H21NO6S/c1-3-28(24,25)21-13-16-7-5-4-6-15(16)12-18(21)20(23)27-17-10-8-14(9-11-17)19(22)26-2/h4-11,18H,3,12-13H2,1-2H3. The molecule has 0 spiro atoms. The Morgan fingerprint density at radius 1 is 1.07 bits per heavy atom. The number of hydrogen-bond acceptors (Lipinski definition) is 6. The number of sulfonamides is 1. The summed E-state index contributed by atoms with van der Waals surface area (Å²) in [4.78, 5) is 24.3. The molecule has 0 bridgehead atoms. The van der Waals surface area contributed by atoms with Crippen molar-refractivity contribution in [1.29, 1.82) is 0 Å². The number of nitrogens with zero attached hydrogens (tertiary/aromatic N) is 1.